The number of hydrogen-bond donors (Lipinski definition) is 1. The molecule has 2 amide bonds. The van der Waals surface area contributed by atoms with Gasteiger partial charge >= 0.3 is 5.97 Å². The topological polar surface area (TPSA) is 102 Å². The predicted molar refractivity (Wildman–Crippen MR) is 117 cm³/mol. The van der Waals surface area contributed by atoms with Crippen LogP contribution in [0.25, 0.3) is 0 Å². The number of thioether (sulfide) groups is 1. The zero-order chi connectivity index (χ0) is 23.3. The molecule has 1 unspecified atom stereocenters. The SMILES string of the molecule is CC(C)C(=O)S[C@@H]1[C@H](NC(=O)COc2ccccc2)C(=O)N1C(Cl)C(=O)OC(C)(C)C. The molecular formula is C21H27ClN2O6S. The molecule has 0 aromatic heterocycles. The van der Waals surface area contributed by atoms with Crippen molar-refractivity contribution in [1.82, 2.24) is 10.2 Å². The number of carbonyl (C=O) groups is 4. The van der Waals surface area contributed by atoms with Gasteiger partial charge in [-0.3, -0.25) is 19.3 Å². The van der Waals surface area contributed by atoms with E-state index in [1.807, 2.05) is 6.07 Å². The highest BCUT2D eigenvalue weighted by atomic mass is 35.5. The second kappa shape index (κ2) is 10.4. The minimum Gasteiger partial charge on any atom is -0.484 e. The lowest BCUT2D eigenvalue weighted by atomic mass is 10.1. The summed E-state index contributed by atoms with van der Waals surface area (Å²) >= 11 is 7.06. The van der Waals surface area contributed by atoms with E-state index in [-0.39, 0.29) is 17.6 Å². The minimum atomic E-state index is -1.42. The highest BCUT2D eigenvalue weighted by Gasteiger charge is 2.54. The Kier molecular flexibility index (Phi) is 8.36. The van der Waals surface area contributed by atoms with Crippen molar-refractivity contribution in [3.63, 3.8) is 0 Å². The second-order valence-corrected chi connectivity index (χ2v) is 9.78. The lowest BCUT2D eigenvalue weighted by Crippen LogP contribution is -2.72. The van der Waals surface area contributed by atoms with Crippen molar-refractivity contribution < 1.29 is 28.7 Å². The Bertz CT molecular complexity index is 827. The Hall–Kier alpha value is -2.26. The minimum absolute atomic E-state index is 0.199. The Morgan fingerprint density at radius 1 is 1.19 bits per heavy atom. The number of esters is 1. The summed E-state index contributed by atoms with van der Waals surface area (Å²) < 4.78 is 10.6. The summed E-state index contributed by atoms with van der Waals surface area (Å²) in [5, 5.41) is 1.53. The second-order valence-electron chi connectivity index (χ2n) is 8.24. The number of nitrogens with zero attached hydrogens (tertiary/aromatic N) is 1. The van der Waals surface area contributed by atoms with E-state index >= 15 is 0 Å². The number of ether oxygens (including phenoxy) is 2. The summed E-state index contributed by atoms with van der Waals surface area (Å²) in [6.45, 7) is 8.16. The van der Waals surface area contributed by atoms with Gasteiger partial charge in [-0.25, -0.2) is 4.79 Å². The van der Waals surface area contributed by atoms with E-state index in [2.05, 4.69) is 5.32 Å². The molecule has 8 nitrogen and oxygen atoms in total. The molecule has 31 heavy (non-hydrogen) atoms. The lowest BCUT2D eigenvalue weighted by molar-refractivity contribution is -0.167. The van der Waals surface area contributed by atoms with Gasteiger partial charge in [-0.05, 0) is 32.9 Å². The summed E-state index contributed by atoms with van der Waals surface area (Å²) in [4.78, 5) is 50.7. The molecular weight excluding hydrogens is 444 g/mol. The normalized spacial score (nSPS) is 19.5. The Morgan fingerprint density at radius 3 is 2.35 bits per heavy atom. The number of carbonyl (C=O) groups excluding carboxylic acids is 4. The molecule has 1 aliphatic rings. The molecule has 0 aliphatic carbocycles. The van der Waals surface area contributed by atoms with Gasteiger partial charge in [0.25, 0.3) is 11.8 Å². The molecule has 1 saturated heterocycles. The number of amides is 2. The summed E-state index contributed by atoms with van der Waals surface area (Å²) in [7, 11) is 0. The van der Waals surface area contributed by atoms with E-state index in [0.29, 0.717) is 5.75 Å². The fourth-order valence-electron chi connectivity index (χ4n) is 2.58. The third kappa shape index (κ3) is 6.87. The first-order chi connectivity index (χ1) is 14.4. The van der Waals surface area contributed by atoms with E-state index in [1.165, 1.54) is 0 Å². The van der Waals surface area contributed by atoms with Gasteiger partial charge in [0, 0.05) is 5.92 Å². The quantitative estimate of drug-likeness (QED) is 0.269. The molecule has 1 aliphatic heterocycles. The Morgan fingerprint density at radius 2 is 1.81 bits per heavy atom. The van der Waals surface area contributed by atoms with Crippen LogP contribution in [0.2, 0.25) is 0 Å². The monoisotopic (exact) mass is 470 g/mol. The first-order valence-corrected chi connectivity index (χ1v) is 11.1. The van der Waals surface area contributed by atoms with E-state index in [1.54, 1.807) is 58.9 Å². The molecule has 1 fully saturated rings. The zero-order valence-electron chi connectivity index (χ0n) is 18.1. The van der Waals surface area contributed by atoms with E-state index in [9.17, 15) is 19.2 Å². The number of halogens is 1. The van der Waals surface area contributed by atoms with Gasteiger partial charge < -0.3 is 14.8 Å². The lowest BCUT2D eigenvalue weighted by Gasteiger charge is -2.47. The highest BCUT2D eigenvalue weighted by Crippen LogP contribution is 2.35. The fourth-order valence-corrected chi connectivity index (χ4v) is 4.08. The summed E-state index contributed by atoms with van der Waals surface area (Å²) in [5.74, 6) is -1.72. The molecule has 10 heteroatoms. The molecule has 0 saturated carbocycles. The summed E-state index contributed by atoms with van der Waals surface area (Å²) in [6, 6.07) is 7.73. The largest absolute Gasteiger partial charge is 0.484 e. The van der Waals surface area contributed by atoms with Crippen LogP contribution in [0.4, 0.5) is 0 Å². The van der Waals surface area contributed by atoms with Gasteiger partial charge in [0.1, 0.15) is 22.8 Å². The van der Waals surface area contributed by atoms with E-state index < -0.39 is 40.3 Å². The van der Waals surface area contributed by atoms with Crippen molar-refractivity contribution in [2.24, 2.45) is 5.92 Å². The van der Waals surface area contributed by atoms with Gasteiger partial charge in [-0.15, -0.1) is 0 Å². The standard InChI is InChI=1S/C21H27ClN2O6S/c1-12(2)20(28)31-18-15(23-14(25)11-29-13-9-7-6-8-10-13)17(26)24(18)16(22)19(27)30-21(3,4)5/h6-10,12,15-16,18H,11H2,1-5H3,(H,23,25)/t15-,16?,18-/m1/s1. The summed E-state index contributed by atoms with van der Waals surface area (Å²) in [5.41, 5.74) is -2.21. The van der Waals surface area contributed by atoms with Crippen molar-refractivity contribution in [3.05, 3.63) is 30.3 Å². The van der Waals surface area contributed by atoms with Crippen LogP contribution in [0, 0.1) is 5.92 Å². The maximum atomic E-state index is 12.7. The summed E-state index contributed by atoms with van der Waals surface area (Å²) in [6.07, 6.45) is 0. The van der Waals surface area contributed by atoms with Crippen molar-refractivity contribution >= 4 is 46.3 Å². The van der Waals surface area contributed by atoms with Gasteiger partial charge in [0.05, 0.1) is 0 Å². The van der Waals surface area contributed by atoms with Crippen LogP contribution in [-0.2, 0) is 23.9 Å². The third-order valence-corrected chi connectivity index (χ3v) is 5.90. The van der Waals surface area contributed by atoms with Crippen molar-refractivity contribution in [2.75, 3.05) is 6.61 Å². The number of alkyl halides is 1. The number of rotatable bonds is 8. The Balaban J connectivity index is 2.07. The number of para-hydroxylation sites is 1. The number of β-lactam (4-membered cyclic amide) rings is 1. The number of likely N-dealkylation sites (tertiary alicyclic amines) is 1. The number of hydrogen-bond acceptors (Lipinski definition) is 7. The van der Waals surface area contributed by atoms with E-state index in [4.69, 9.17) is 21.1 Å². The molecule has 1 N–H and O–H groups in total. The molecule has 0 spiro atoms. The van der Waals surface area contributed by atoms with Crippen LogP contribution in [0.5, 0.6) is 5.75 Å². The van der Waals surface area contributed by atoms with Crippen molar-refractivity contribution in [1.29, 1.82) is 0 Å². The van der Waals surface area contributed by atoms with Crippen molar-refractivity contribution in [2.45, 2.75) is 57.1 Å². The first-order valence-electron chi connectivity index (χ1n) is 9.77. The molecule has 0 radical (unpaired) electrons. The molecule has 1 aromatic carbocycles. The molecule has 3 atom stereocenters. The average molecular weight is 471 g/mol. The van der Waals surface area contributed by atoms with E-state index in [0.717, 1.165) is 16.7 Å². The van der Waals surface area contributed by atoms with Crippen LogP contribution in [0.1, 0.15) is 34.6 Å². The van der Waals surface area contributed by atoms with Crippen molar-refractivity contribution in [3.8, 4) is 5.75 Å². The predicted octanol–water partition coefficient (Wildman–Crippen LogP) is 2.54. The fraction of sp³-hybridized carbons (Fsp3) is 0.524. The van der Waals surface area contributed by atoms with Gasteiger partial charge in [0.2, 0.25) is 5.50 Å². The van der Waals surface area contributed by atoms with Crippen LogP contribution in [-0.4, -0.2) is 56.9 Å². The number of nitrogens with one attached hydrogen (secondary N) is 1. The molecule has 170 valence electrons. The Labute approximate surface area is 191 Å². The molecule has 1 heterocycles. The van der Waals surface area contributed by atoms with Crippen LogP contribution in [0.15, 0.2) is 30.3 Å². The van der Waals surface area contributed by atoms with Crippen LogP contribution >= 0.6 is 23.4 Å². The molecule has 1 aromatic rings. The highest BCUT2D eigenvalue weighted by molar-refractivity contribution is 8.14. The maximum absolute atomic E-state index is 12.7. The van der Waals surface area contributed by atoms with Gasteiger partial charge in [-0.2, -0.15) is 0 Å². The van der Waals surface area contributed by atoms with Crippen LogP contribution < -0.4 is 10.1 Å². The molecule has 2 rings (SSSR count). The smallest absolute Gasteiger partial charge is 0.345 e. The maximum Gasteiger partial charge on any atom is 0.345 e. The van der Waals surface area contributed by atoms with Gasteiger partial charge in [0.15, 0.2) is 11.7 Å². The van der Waals surface area contributed by atoms with Crippen LogP contribution in [0.3, 0.4) is 0 Å². The number of benzene rings is 1. The van der Waals surface area contributed by atoms with Gasteiger partial charge in [-0.1, -0.05) is 55.4 Å². The average Bonchev–Trinajstić information content (AvgIpc) is 2.69. The third-order valence-electron chi connectivity index (χ3n) is 4.06. The molecule has 0 bridgehead atoms. The first kappa shape index (κ1) is 25.0. The zero-order valence-corrected chi connectivity index (χ0v) is 19.7.